The van der Waals surface area contributed by atoms with Crippen molar-refractivity contribution in [1.29, 1.82) is 0 Å². The second-order valence-corrected chi connectivity index (χ2v) is 8.86. The summed E-state index contributed by atoms with van der Waals surface area (Å²) in [4.78, 5) is 2.30. The maximum atomic E-state index is 4.91. The minimum absolute atomic E-state index is 0.910. The second-order valence-electron chi connectivity index (χ2n) is 8.86. The third kappa shape index (κ3) is 13.9. The van der Waals surface area contributed by atoms with Gasteiger partial charge >= 0.3 is 0 Å². The maximum Gasteiger partial charge on any atom is 0.118 e. The van der Waals surface area contributed by atoms with E-state index in [0.29, 0.717) is 0 Å². The molecule has 2 aromatic carbocycles. The smallest absolute Gasteiger partial charge is 0.118 e. The van der Waals surface area contributed by atoms with Crippen LogP contribution in [0.15, 0.2) is 108 Å². The van der Waals surface area contributed by atoms with Crippen molar-refractivity contribution in [2.24, 2.45) is 0 Å². The zero-order valence-corrected chi connectivity index (χ0v) is 23.0. The molecule has 0 fully saturated rings. The van der Waals surface area contributed by atoms with Gasteiger partial charge in [0, 0.05) is 24.6 Å². The molecule has 188 valence electrons. The van der Waals surface area contributed by atoms with Gasteiger partial charge in [0.2, 0.25) is 0 Å². The topological polar surface area (TPSA) is 17.4 Å². The van der Waals surface area contributed by atoms with Crippen molar-refractivity contribution < 1.29 is 4.74 Å². The minimum Gasteiger partial charge on any atom is -0.497 e. The van der Waals surface area contributed by atoms with Crippen LogP contribution in [0.3, 0.4) is 0 Å². The van der Waals surface area contributed by atoms with Gasteiger partial charge in [0.05, 0.1) is 7.11 Å². The summed E-state index contributed by atoms with van der Waals surface area (Å²) in [6, 6.07) is 22.5. The van der Waals surface area contributed by atoms with Gasteiger partial charge < -0.3 is 14.2 Å². The monoisotopic (exact) mass is 472 g/mol. The lowest BCUT2D eigenvalue weighted by molar-refractivity contribution is 0.346. The molecule has 0 N–H and O–H groups in total. The fourth-order valence-corrected chi connectivity index (χ4v) is 3.08. The zero-order valence-electron chi connectivity index (χ0n) is 23.0. The highest BCUT2D eigenvalue weighted by Gasteiger charge is 1.96. The minimum atomic E-state index is 0.910. The Hall–Kier alpha value is -3.30. The van der Waals surface area contributed by atoms with Gasteiger partial charge in [-0.25, -0.2) is 0 Å². The Morgan fingerprint density at radius 2 is 1.46 bits per heavy atom. The third-order valence-electron chi connectivity index (χ3n) is 5.21. The van der Waals surface area contributed by atoms with Crippen LogP contribution < -0.4 is 4.74 Å². The number of aryl methyl sites for hydroxylation is 1. The molecule has 3 rings (SSSR count). The van der Waals surface area contributed by atoms with Crippen LogP contribution in [0.2, 0.25) is 0 Å². The highest BCUT2D eigenvalue weighted by atomic mass is 16.5. The summed E-state index contributed by atoms with van der Waals surface area (Å²) in [5.74, 6) is 0.910. The Morgan fingerprint density at radius 1 is 0.857 bits per heavy atom. The third-order valence-corrected chi connectivity index (χ3v) is 5.21. The number of hydrogen-bond donors (Lipinski definition) is 0. The van der Waals surface area contributed by atoms with E-state index in [1.807, 2.05) is 42.5 Å². The SMILES string of the molecule is CC(C)=C/C(C)=C\C=C(/C)n1cccc1.CCN(C)Cc1ccc(C)cc1.COc1ccccc1. The molecule has 0 radical (unpaired) electrons. The number of ether oxygens (including phenoxy) is 1. The molecule has 0 spiro atoms. The lowest BCUT2D eigenvalue weighted by atomic mass is 10.1. The highest BCUT2D eigenvalue weighted by molar-refractivity contribution is 5.46. The van der Waals surface area contributed by atoms with Crippen molar-refractivity contribution in [3.8, 4) is 5.75 Å². The summed E-state index contributed by atoms with van der Waals surface area (Å²) < 4.78 is 7.02. The van der Waals surface area contributed by atoms with Crippen LogP contribution in [0, 0.1) is 6.92 Å². The predicted octanol–water partition coefficient (Wildman–Crippen LogP) is 8.40. The standard InChI is InChI=1S/C14H19N.C11H17N.C7H8O/c1-12(2)11-13(3)7-8-14(4)15-9-5-6-10-15;1-4-12(3)9-11-7-5-10(2)6-8-11;1-8-7-5-3-2-4-6-7/h5-11H,1-4H3;5-8H,4,9H2,1-3H3;2-6H,1H3/b13-7-,14-8+;;. The number of nitrogens with zero attached hydrogens (tertiary/aromatic N) is 2. The summed E-state index contributed by atoms with van der Waals surface area (Å²) in [5, 5.41) is 0. The van der Waals surface area contributed by atoms with Gasteiger partial charge in [-0.2, -0.15) is 0 Å². The first-order chi connectivity index (χ1) is 16.7. The van der Waals surface area contributed by atoms with E-state index in [4.69, 9.17) is 4.74 Å². The van der Waals surface area contributed by atoms with Crippen LogP contribution in [0.5, 0.6) is 5.75 Å². The molecule has 3 nitrogen and oxygen atoms in total. The van der Waals surface area contributed by atoms with Gasteiger partial charge in [0.15, 0.2) is 0 Å². The van der Waals surface area contributed by atoms with Crippen molar-refractivity contribution in [1.82, 2.24) is 9.47 Å². The van der Waals surface area contributed by atoms with Crippen LogP contribution in [-0.4, -0.2) is 30.2 Å². The molecule has 1 aromatic heterocycles. The first-order valence-corrected chi connectivity index (χ1v) is 12.2. The molecule has 1 heterocycles. The van der Waals surface area contributed by atoms with Crippen molar-refractivity contribution in [2.45, 2.75) is 48.1 Å². The molecule has 3 aromatic rings. The van der Waals surface area contributed by atoms with Crippen molar-refractivity contribution in [3.05, 3.63) is 120 Å². The Labute approximate surface area is 214 Å². The van der Waals surface area contributed by atoms with Gasteiger partial charge in [-0.05, 0) is 84.1 Å². The van der Waals surface area contributed by atoms with Gasteiger partial charge in [0.25, 0.3) is 0 Å². The highest BCUT2D eigenvalue weighted by Crippen LogP contribution is 2.07. The second kappa shape index (κ2) is 17.2. The van der Waals surface area contributed by atoms with E-state index in [0.717, 1.165) is 18.8 Å². The van der Waals surface area contributed by atoms with E-state index in [1.54, 1.807) is 7.11 Å². The molecule has 35 heavy (non-hydrogen) atoms. The lowest BCUT2D eigenvalue weighted by Crippen LogP contribution is -2.16. The normalized spacial score (nSPS) is 11.1. The Kier molecular flexibility index (Phi) is 14.6. The first-order valence-electron chi connectivity index (χ1n) is 12.2. The maximum absolute atomic E-state index is 4.91. The number of allylic oxidation sites excluding steroid dienone is 6. The zero-order chi connectivity index (χ0) is 26.1. The van der Waals surface area contributed by atoms with Crippen LogP contribution in [0.25, 0.3) is 5.70 Å². The quantitative estimate of drug-likeness (QED) is 0.321. The van der Waals surface area contributed by atoms with E-state index >= 15 is 0 Å². The van der Waals surface area contributed by atoms with Crippen LogP contribution in [0.4, 0.5) is 0 Å². The largest absolute Gasteiger partial charge is 0.497 e. The average molecular weight is 473 g/mol. The summed E-state index contributed by atoms with van der Waals surface area (Å²) in [6.45, 7) is 14.9. The Balaban J connectivity index is 0.000000274. The molecule has 0 atom stereocenters. The molecule has 3 heteroatoms. The van der Waals surface area contributed by atoms with Crippen LogP contribution in [-0.2, 0) is 6.54 Å². The summed E-state index contributed by atoms with van der Waals surface area (Å²) in [6.07, 6.45) is 10.6. The molecule has 0 saturated carbocycles. The van der Waals surface area contributed by atoms with E-state index in [-0.39, 0.29) is 0 Å². The number of aromatic nitrogens is 1. The van der Waals surface area contributed by atoms with Gasteiger partial charge in [0.1, 0.15) is 5.75 Å². The number of benzene rings is 2. The molecule has 0 bridgehead atoms. The first kappa shape index (κ1) is 29.7. The summed E-state index contributed by atoms with van der Waals surface area (Å²) >= 11 is 0. The van der Waals surface area contributed by atoms with Crippen molar-refractivity contribution >= 4 is 5.70 Å². The molecular weight excluding hydrogens is 428 g/mol. The molecule has 0 aliphatic heterocycles. The molecule has 0 amide bonds. The fourth-order valence-electron chi connectivity index (χ4n) is 3.08. The number of para-hydroxylation sites is 1. The summed E-state index contributed by atoms with van der Waals surface area (Å²) in [5.41, 5.74) is 6.56. The molecule has 0 aliphatic carbocycles. The van der Waals surface area contributed by atoms with Crippen molar-refractivity contribution in [3.63, 3.8) is 0 Å². The molecule has 0 aliphatic rings. The van der Waals surface area contributed by atoms with E-state index in [1.165, 1.54) is 28.0 Å². The van der Waals surface area contributed by atoms with Crippen molar-refractivity contribution in [2.75, 3.05) is 20.7 Å². The molecular formula is C32H44N2O. The van der Waals surface area contributed by atoms with Gasteiger partial charge in [-0.15, -0.1) is 0 Å². The van der Waals surface area contributed by atoms with Crippen LogP contribution >= 0.6 is 0 Å². The van der Waals surface area contributed by atoms with E-state index in [2.05, 4.69) is 113 Å². The van der Waals surface area contributed by atoms with E-state index < -0.39 is 0 Å². The molecule has 0 unspecified atom stereocenters. The van der Waals surface area contributed by atoms with Gasteiger partial charge in [-0.1, -0.05) is 78.3 Å². The molecule has 0 saturated heterocycles. The number of hydrogen-bond acceptors (Lipinski definition) is 2. The Morgan fingerprint density at radius 3 is 1.94 bits per heavy atom. The number of rotatable bonds is 7. The summed E-state index contributed by atoms with van der Waals surface area (Å²) in [7, 11) is 3.80. The lowest BCUT2D eigenvalue weighted by Gasteiger charge is -2.13. The number of methoxy groups -OCH3 is 1. The fraction of sp³-hybridized carbons (Fsp3) is 0.312. The van der Waals surface area contributed by atoms with Crippen LogP contribution in [0.1, 0.15) is 45.7 Å². The Bertz CT molecular complexity index is 1020. The predicted molar refractivity (Wildman–Crippen MR) is 154 cm³/mol. The average Bonchev–Trinajstić information content (AvgIpc) is 3.40. The van der Waals surface area contributed by atoms with Gasteiger partial charge in [-0.3, -0.25) is 0 Å². The van der Waals surface area contributed by atoms with E-state index in [9.17, 15) is 0 Å².